The Morgan fingerprint density at radius 1 is 0.646 bits per heavy atom. The van der Waals surface area contributed by atoms with Crippen molar-refractivity contribution in [3.05, 3.63) is 162 Å². The number of carboxylic acids is 1. The average molecular weight is 643 g/mol. The molecular formula is C41H38O7. The van der Waals surface area contributed by atoms with Crippen LogP contribution < -0.4 is 18.9 Å². The molecule has 1 N–H and O–H groups in total. The molecule has 5 aromatic rings. The van der Waals surface area contributed by atoms with Crippen molar-refractivity contribution in [1.29, 1.82) is 0 Å². The maximum atomic E-state index is 11.7. The van der Waals surface area contributed by atoms with Crippen molar-refractivity contribution in [3.8, 4) is 23.0 Å². The first-order valence-electron chi connectivity index (χ1n) is 16.0. The van der Waals surface area contributed by atoms with Gasteiger partial charge in [0.2, 0.25) is 0 Å². The molecule has 1 aliphatic heterocycles. The largest absolute Gasteiger partial charge is 0.491 e. The number of aliphatic carboxylic acids is 1. The van der Waals surface area contributed by atoms with Crippen LogP contribution in [0.3, 0.4) is 0 Å². The van der Waals surface area contributed by atoms with E-state index in [1.807, 2.05) is 147 Å². The topological polar surface area (TPSA) is 83.5 Å². The molecule has 0 spiro atoms. The molecule has 0 unspecified atom stereocenters. The van der Waals surface area contributed by atoms with E-state index in [1.54, 1.807) is 6.08 Å². The molecule has 6 rings (SSSR count). The summed E-state index contributed by atoms with van der Waals surface area (Å²) < 4.78 is 33.8. The van der Waals surface area contributed by atoms with Crippen LogP contribution in [-0.4, -0.2) is 42.1 Å². The fraction of sp³-hybridized carbons (Fsp3) is 0.195. The molecule has 1 heterocycles. The van der Waals surface area contributed by atoms with E-state index in [2.05, 4.69) is 0 Å². The Balaban J connectivity index is 1.51. The molecule has 0 saturated carbocycles. The van der Waals surface area contributed by atoms with Crippen LogP contribution in [0.2, 0.25) is 0 Å². The molecule has 0 aromatic heterocycles. The average Bonchev–Trinajstić information content (AvgIpc) is 3.11. The summed E-state index contributed by atoms with van der Waals surface area (Å²) in [6.45, 7) is 4.12. The first kappa shape index (κ1) is 32.4. The molecule has 5 atom stereocenters. The van der Waals surface area contributed by atoms with E-state index >= 15 is 0 Å². The van der Waals surface area contributed by atoms with Crippen molar-refractivity contribution in [1.82, 2.24) is 0 Å². The first-order chi connectivity index (χ1) is 23.5. The Kier molecular flexibility index (Phi) is 10.4. The molecule has 0 radical (unpaired) electrons. The van der Waals surface area contributed by atoms with Gasteiger partial charge in [-0.3, -0.25) is 0 Å². The number of benzene rings is 5. The lowest BCUT2D eigenvalue weighted by Gasteiger charge is -2.46. The van der Waals surface area contributed by atoms with E-state index in [4.69, 9.17) is 23.7 Å². The molecule has 7 heteroatoms. The van der Waals surface area contributed by atoms with Crippen LogP contribution in [0, 0.1) is 13.8 Å². The molecule has 0 amide bonds. The third-order valence-corrected chi connectivity index (χ3v) is 8.36. The Morgan fingerprint density at radius 3 is 1.65 bits per heavy atom. The van der Waals surface area contributed by atoms with E-state index in [9.17, 15) is 9.90 Å². The van der Waals surface area contributed by atoms with E-state index in [1.165, 1.54) is 0 Å². The van der Waals surface area contributed by atoms with Gasteiger partial charge >= 0.3 is 5.97 Å². The smallest absolute Gasteiger partial charge is 0.328 e. The van der Waals surface area contributed by atoms with Gasteiger partial charge < -0.3 is 28.8 Å². The number of hydrogen-bond donors (Lipinski definition) is 1. The molecular weight excluding hydrogens is 604 g/mol. The quantitative estimate of drug-likeness (QED) is 0.137. The zero-order chi connectivity index (χ0) is 33.3. The SMILES string of the molecule is Cc1ccc([C@H]2O[C@H](COc3ccccc3)[C@@H](Oc3ccccc3)[C@H](Oc3ccccc3)[C@@H]2Oc2ccccc2)c(/C=C/C(=O)O)c1C. The van der Waals surface area contributed by atoms with Gasteiger partial charge in [-0.05, 0) is 90.7 Å². The monoisotopic (exact) mass is 642 g/mol. The van der Waals surface area contributed by atoms with Crippen LogP contribution in [0.15, 0.2) is 140 Å². The van der Waals surface area contributed by atoms with Crippen molar-refractivity contribution in [3.63, 3.8) is 0 Å². The number of ether oxygens (including phenoxy) is 5. The zero-order valence-electron chi connectivity index (χ0n) is 26.8. The fourth-order valence-electron chi connectivity index (χ4n) is 5.85. The second-order valence-corrected chi connectivity index (χ2v) is 11.6. The Bertz CT molecular complexity index is 1790. The van der Waals surface area contributed by atoms with Crippen molar-refractivity contribution in [2.24, 2.45) is 0 Å². The Labute approximate surface area is 281 Å². The van der Waals surface area contributed by atoms with Crippen LogP contribution in [-0.2, 0) is 9.53 Å². The second-order valence-electron chi connectivity index (χ2n) is 11.6. The van der Waals surface area contributed by atoms with E-state index in [0.717, 1.165) is 28.3 Å². The molecule has 244 valence electrons. The van der Waals surface area contributed by atoms with Crippen LogP contribution in [0.5, 0.6) is 23.0 Å². The van der Waals surface area contributed by atoms with Gasteiger partial charge in [0.05, 0.1) is 0 Å². The molecule has 7 nitrogen and oxygen atoms in total. The minimum absolute atomic E-state index is 0.149. The van der Waals surface area contributed by atoms with Gasteiger partial charge in [0, 0.05) is 6.08 Å². The van der Waals surface area contributed by atoms with Crippen molar-refractivity contribution in [2.75, 3.05) is 6.61 Å². The third-order valence-electron chi connectivity index (χ3n) is 8.36. The zero-order valence-corrected chi connectivity index (χ0v) is 26.8. The number of para-hydroxylation sites is 4. The van der Waals surface area contributed by atoms with Crippen LogP contribution in [0.1, 0.15) is 28.4 Å². The number of rotatable bonds is 12. The summed E-state index contributed by atoms with van der Waals surface area (Å²) in [5.41, 5.74) is 3.47. The van der Waals surface area contributed by atoms with Gasteiger partial charge in [-0.2, -0.15) is 0 Å². The summed E-state index contributed by atoms with van der Waals surface area (Å²) in [6.07, 6.45) is -0.730. The van der Waals surface area contributed by atoms with Gasteiger partial charge in [-0.25, -0.2) is 4.79 Å². The second kappa shape index (κ2) is 15.4. The molecule has 1 saturated heterocycles. The Morgan fingerprint density at radius 2 is 1.12 bits per heavy atom. The number of carboxylic acid groups (broad SMARTS) is 1. The predicted octanol–water partition coefficient (Wildman–Crippen LogP) is 8.26. The normalized spacial score (nSPS) is 20.6. The molecule has 48 heavy (non-hydrogen) atoms. The van der Waals surface area contributed by atoms with E-state index in [0.29, 0.717) is 23.0 Å². The minimum atomic E-state index is -1.04. The maximum absolute atomic E-state index is 11.7. The van der Waals surface area contributed by atoms with Gasteiger partial charge in [-0.15, -0.1) is 0 Å². The molecule has 1 aliphatic rings. The lowest BCUT2D eigenvalue weighted by molar-refractivity contribution is -0.210. The van der Waals surface area contributed by atoms with E-state index in [-0.39, 0.29) is 6.61 Å². The summed E-state index contributed by atoms with van der Waals surface area (Å²) in [7, 11) is 0. The van der Waals surface area contributed by atoms with Gasteiger partial charge in [0.25, 0.3) is 0 Å². The van der Waals surface area contributed by atoms with Crippen LogP contribution in [0.4, 0.5) is 0 Å². The predicted molar refractivity (Wildman–Crippen MR) is 185 cm³/mol. The third kappa shape index (κ3) is 7.88. The molecule has 5 aromatic carbocycles. The maximum Gasteiger partial charge on any atom is 0.328 e. The highest BCUT2D eigenvalue weighted by molar-refractivity contribution is 5.86. The molecule has 0 aliphatic carbocycles. The lowest BCUT2D eigenvalue weighted by Crippen LogP contribution is -2.62. The number of hydrogen-bond acceptors (Lipinski definition) is 6. The minimum Gasteiger partial charge on any atom is -0.491 e. The summed E-state index contributed by atoms with van der Waals surface area (Å²) in [5.74, 6) is 1.56. The molecule has 1 fully saturated rings. The highest BCUT2D eigenvalue weighted by Gasteiger charge is 2.52. The van der Waals surface area contributed by atoms with Crippen LogP contribution >= 0.6 is 0 Å². The number of aryl methyl sites for hydroxylation is 1. The summed E-state index contributed by atoms with van der Waals surface area (Å²) in [6, 6.07) is 42.2. The van der Waals surface area contributed by atoms with Gasteiger partial charge in [-0.1, -0.05) is 84.9 Å². The standard InChI is InChI=1S/C41H38O7/c1-28-23-24-35(34(29(28)2)25-26-37(42)43)38-40(46-32-19-11-5-12-20-32)41(47-33-21-13-6-14-22-33)39(45-31-17-9-4-10-18-31)36(48-38)27-44-30-15-7-3-8-16-30/h3-26,36,38-41H,27H2,1-2H3,(H,42,43)/b26-25+/t36-,38-,39-,40-,41+/m1/s1. The van der Waals surface area contributed by atoms with E-state index < -0.39 is 36.5 Å². The summed E-state index contributed by atoms with van der Waals surface area (Å²) in [5, 5.41) is 9.59. The van der Waals surface area contributed by atoms with Crippen LogP contribution in [0.25, 0.3) is 6.08 Å². The van der Waals surface area contributed by atoms with Crippen molar-refractivity contribution < 1.29 is 33.6 Å². The molecule has 0 bridgehead atoms. The Hall–Kier alpha value is -5.53. The van der Waals surface area contributed by atoms with Crippen molar-refractivity contribution in [2.45, 2.75) is 44.4 Å². The first-order valence-corrected chi connectivity index (χ1v) is 16.0. The van der Waals surface area contributed by atoms with Gasteiger partial charge in [0.15, 0.2) is 18.3 Å². The summed E-state index contributed by atoms with van der Waals surface area (Å²) in [4.78, 5) is 11.7. The fourth-order valence-corrected chi connectivity index (χ4v) is 5.85. The lowest BCUT2D eigenvalue weighted by atomic mass is 9.86. The highest BCUT2D eigenvalue weighted by atomic mass is 16.6. The summed E-state index contributed by atoms with van der Waals surface area (Å²) >= 11 is 0. The number of carbonyl (C=O) groups is 1. The van der Waals surface area contributed by atoms with Crippen molar-refractivity contribution >= 4 is 12.0 Å². The van der Waals surface area contributed by atoms with Gasteiger partial charge in [0.1, 0.15) is 41.8 Å². The highest BCUT2D eigenvalue weighted by Crippen LogP contribution is 2.41.